The fourth-order valence-corrected chi connectivity index (χ4v) is 2.28. The van der Waals surface area contributed by atoms with E-state index < -0.39 is 0 Å². The number of hydrogen-bond donors (Lipinski definition) is 2. The molecule has 0 aliphatic carbocycles. The molecule has 0 aliphatic rings. The average molecular weight is 320 g/mol. The van der Waals surface area contributed by atoms with Crippen LogP contribution in [-0.2, 0) is 6.54 Å². The van der Waals surface area contributed by atoms with E-state index in [-0.39, 0.29) is 0 Å². The normalized spacial score (nSPS) is 11.1. The Labute approximate surface area is 117 Å². The summed E-state index contributed by atoms with van der Waals surface area (Å²) in [6.45, 7) is 8.34. The average Bonchev–Trinajstić information content (AvgIpc) is 2.25. The Bertz CT molecular complexity index is 342. The van der Waals surface area contributed by atoms with E-state index in [2.05, 4.69) is 40.4 Å². The van der Waals surface area contributed by atoms with Crippen LogP contribution in [0.5, 0.6) is 0 Å². The lowest BCUT2D eigenvalue weighted by Crippen LogP contribution is -2.29. The van der Waals surface area contributed by atoms with Crippen LogP contribution < -0.4 is 10.6 Å². The van der Waals surface area contributed by atoms with Gasteiger partial charge in [-0.25, -0.2) is 0 Å². The zero-order valence-corrected chi connectivity index (χ0v) is 12.7. The molecule has 0 unspecified atom stereocenters. The topological polar surface area (TPSA) is 24.1 Å². The highest BCUT2D eigenvalue weighted by molar-refractivity contribution is 9.10. The lowest BCUT2D eigenvalue weighted by Gasteiger charge is -2.09. The van der Waals surface area contributed by atoms with Crippen LogP contribution in [0.4, 0.5) is 0 Å². The molecule has 0 saturated heterocycles. The van der Waals surface area contributed by atoms with Crippen molar-refractivity contribution in [2.24, 2.45) is 5.92 Å². The number of benzene rings is 1. The Balaban J connectivity index is 2.18. The molecule has 1 rings (SSSR count). The van der Waals surface area contributed by atoms with E-state index in [0.29, 0.717) is 5.92 Å². The largest absolute Gasteiger partial charge is 0.315 e. The van der Waals surface area contributed by atoms with Crippen LogP contribution in [0.2, 0.25) is 5.02 Å². The van der Waals surface area contributed by atoms with Crippen LogP contribution in [0.3, 0.4) is 0 Å². The van der Waals surface area contributed by atoms with Gasteiger partial charge in [-0.2, -0.15) is 0 Å². The summed E-state index contributed by atoms with van der Waals surface area (Å²) in [5.41, 5.74) is 1.23. The van der Waals surface area contributed by atoms with E-state index in [1.54, 1.807) is 0 Å². The number of rotatable bonds is 7. The number of halogens is 2. The predicted molar refractivity (Wildman–Crippen MR) is 78.6 cm³/mol. The van der Waals surface area contributed by atoms with E-state index in [1.165, 1.54) is 5.56 Å². The zero-order valence-electron chi connectivity index (χ0n) is 10.4. The molecule has 1 aromatic rings. The van der Waals surface area contributed by atoms with Gasteiger partial charge in [-0.15, -0.1) is 0 Å². The summed E-state index contributed by atoms with van der Waals surface area (Å²) < 4.78 is 1.06. The van der Waals surface area contributed by atoms with Crippen molar-refractivity contribution >= 4 is 27.5 Å². The minimum atomic E-state index is 0.709. The standard InChI is InChI=1S/C13H20BrClN2/c1-10(2)8-16-5-6-17-9-11-3-4-12(15)7-13(11)14/h3-4,7,10,16-17H,5-6,8-9H2,1-2H3. The van der Waals surface area contributed by atoms with Crippen molar-refractivity contribution in [3.63, 3.8) is 0 Å². The number of nitrogens with one attached hydrogen (secondary N) is 2. The SMILES string of the molecule is CC(C)CNCCNCc1ccc(Cl)cc1Br. The molecule has 0 heterocycles. The Morgan fingerprint density at radius 2 is 1.94 bits per heavy atom. The van der Waals surface area contributed by atoms with Crippen molar-refractivity contribution in [1.29, 1.82) is 0 Å². The molecule has 0 bridgehead atoms. The first-order valence-electron chi connectivity index (χ1n) is 5.95. The molecule has 2 nitrogen and oxygen atoms in total. The smallest absolute Gasteiger partial charge is 0.0417 e. The molecule has 0 atom stereocenters. The zero-order chi connectivity index (χ0) is 12.7. The van der Waals surface area contributed by atoms with Gasteiger partial charge in [0.25, 0.3) is 0 Å². The second-order valence-electron chi connectivity index (χ2n) is 4.51. The molecule has 4 heteroatoms. The van der Waals surface area contributed by atoms with Gasteiger partial charge in [0.05, 0.1) is 0 Å². The molecule has 0 aromatic heterocycles. The van der Waals surface area contributed by atoms with Crippen molar-refractivity contribution in [2.45, 2.75) is 20.4 Å². The van der Waals surface area contributed by atoms with Crippen LogP contribution in [0.15, 0.2) is 22.7 Å². The first-order valence-corrected chi connectivity index (χ1v) is 7.12. The van der Waals surface area contributed by atoms with E-state index in [0.717, 1.165) is 35.7 Å². The van der Waals surface area contributed by atoms with Crippen LogP contribution in [0.1, 0.15) is 19.4 Å². The monoisotopic (exact) mass is 318 g/mol. The quantitative estimate of drug-likeness (QED) is 0.752. The molecular formula is C13H20BrClN2. The minimum absolute atomic E-state index is 0.709. The molecule has 2 N–H and O–H groups in total. The van der Waals surface area contributed by atoms with E-state index >= 15 is 0 Å². The maximum atomic E-state index is 5.89. The van der Waals surface area contributed by atoms with E-state index in [1.807, 2.05) is 18.2 Å². The van der Waals surface area contributed by atoms with Crippen LogP contribution >= 0.6 is 27.5 Å². The van der Waals surface area contributed by atoms with Crippen LogP contribution in [0.25, 0.3) is 0 Å². The molecule has 1 aromatic carbocycles. The maximum absolute atomic E-state index is 5.89. The first kappa shape index (κ1) is 15.0. The molecule has 0 saturated carbocycles. The second kappa shape index (κ2) is 8.09. The third kappa shape index (κ3) is 6.41. The molecule has 17 heavy (non-hydrogen) atoms. The van der Waals surface area contributed by atoms with Gasteiger partial charge >= 0.3 is 0 Å². The third-order valence-electron chi connectivity index (χ3n) is 2.36. The van der Waals surface area contributed by atoms with Gasteiger partial charge in [-0.3, -0.25) is 0 Å². The van der Waals surface area contributed by atoms with Gasteiger partial charge in [0.1, 0.15) is 0 Å². The summed E-state index contributed by atoms with van der Waals surface area (Å²) in [6, 6.07) is 5.89. The molecule has 0 aliphatic heterocycles. The minimum Gasteiger partial charge on any atom is -0.315 e. The Hall–Kier alpha value is -0.0900. The van der Waals surface area contributed by atoms with Gasteiger partial charge < -0.3 is 10.6 Å². The molecule has 0 radical (unpaired) electrons. The van der Waals surface area contributed by atoms with Gasteiger partial charge in [0.15, 0.2) is 0 Å². The van der Waals surface area contributed by atoms with Crippen molar-refractivity contribution in [2.75, 3.05) is 19.6 Å². The summed E-state index contributed by atoms with van der Waals surface area (Å²) in [6.07, 6.45) is 0. The molecule has 0 amide bonds. The third-order valence-corrected chi connectivity index (χ3v) is 3.34. The predicted octanol–water partition coefficient (Wildman–Crippen LogP) is 3.44. The van der Waals surface area contributed by atoms with Crippen LogP contribution in [-0.4, -0.2) is 19.6 Å². The lowest BCUT2D eigenvalue weighted by atomic mass is 10.2. The summed E-state index contributed by atoms with van der Waals surface area (Å²) in [5, 5.41) is 7.56. The summed E-state index contributed by atoms with van der Waals surface area (Å²) in [4.78, 5) is 0. The summed E-state index contributed by atoms with van der Waals surface area (Å²) in [7, 11) is 0. The lowest BCUT2D eigenvalue weighted by molar-refractivity contribution is 0.535. The van der Waals surface area contributed by atoms with Gasteiger partial charge in [-0.1, -0.05) is 47.4 Å². The maximum Gasteiger partial charge on any atom is 0.0417 e. The highest BCUT2D eigenvalue weighted by atomic mass is 79.9. The van der Waals surface area contributed by atoms with Crippen LogP contribution in [0, 0.1) is 5.92 Å². The summed E-state index contributed by atoms with van der Waals surface area (Å²) >= 11 is 9.40. The highest BCUT2D eigenvalue weighted by Crippen LogP contribution is 2.21. The Morgan fingerprint density at radius 1 is 1.24 bits per heavy atom. The van der Waals surface area contributed by atoms with Crippen molar-refractivity contribution in [1.82, 2.24) is 10.6 Å². The molecule has 0 spiro atoms. The van der Waals surface area contributed by atoms with Gasteiger partial charge in [0.2, 0.25) is 0 Å². The molecule has 0 fully saturated rings. The Morgan fingerprint density at radius 3 is 2.59 bits per heavy atom. The molecular weight excluding hydrogens is 300 g/mol. The van der Waals surface area contributed by atoms with Crippen molar-refractivity contribution < 1.29 is 0 Å². The van der Waals surface area contributed by atoms with Gasteiger partial charge in [-0.05, 0) is 30.2 Å². The van der Waals surface area contributed by atoms with E-state index in [9.17, 15) is 0 Å². The van der Waals surface area contributed by atoms with Crippen molar-refractivity contribution in [3.05, 3.63) is 33.3 Å². The fourth-order valence-electron chi connectivity index (χ4n) is 1.46. The Kier molecular flexibility index (Phi) is 7.12. The first-order chi connectivity index (χ1) is 8.09. The highest BCUT2D eigenvalue weighted by Gasteiger charge is 2.00. The van der Waals surface area contributed by atoms with Gasteiger partial charge in [0, 0.05) is 29.1 Å². The second-order valence-corrected chi connectivity index (χ2v) is 5.80. The summed E-state index contributed by atoms with van der Waals surface area (Å²) in [5.74, 6) is 0.709. The molecule has 96 valence electrons. The van der Waals surface area contributed by atoms with E-state index in [4.69, 9.17) is 11.6 Å². The van der Waals surface area contributed by atoms with Crippen molar-refractivity contribution in [3.8, 4) is 0 Å². The number of hydrogen-bond acceptors (Lipinski definition) is 2. The fraction of sp³-hybridized carbons (Fsp3) is 0.538.